The smallest absolute Gasteiger partial charge is 0.325 e. The normalized spacial score (nSPS) is 28.6. The lowest BCUT2D eigenvalue weighted by atomic mass is 9.49. The highest BCUT2D eigenvalue weighted by atomic mass is 16.5. The predicted octanol–water partition coefficient (Wildman–Crippen LogP) is 2.30. The Morgan fingerprint density at radius 1 is 1.00 bits per heavy atom. The Hall–Kier alpha value is -2.57. The number of carbonyl (C=O) groups excluding carboxylic acids is 3. The van der Waals surface area contributed by atoms with Crippen molar-refractivity contribution >= 4 is 17.8 Å². The van der Waals surface area contributed by atoms with Gasteiger partial charge in [-0.2, -0.15) is 0 Å². The molecule has 0 spiro atoms. The first kappa shape index (κ1) is 20.7. The lowest BCUT2D eigenvalue weighted by molar-refractivity contribution is -0.147. The van der Waals surface area contributed by atoms with Gasteiger partial charge >= 0.3 is 5.97 Å². The summed E-state index contributed by atoms with van der Waals surface area (Å²) in [6, 6.07) is 6.74. The number of hydrogen-bond acceptors (Lipinski definition) is 5. The van der Waals surface area contributed by atoms with Crippen molar-refractivity contribution < 1.29 is 23.9 Å². The van der Waals surface area contributed by atoms with E-state index < -0.39 is 11.9 Å². The fourth-order valence-electron chi connectivity index (χ4n) is 6.12. The Morgan fingerprint density at radius 3 is 2.27 bits per heavy atom. The molecule has 7 nitrogen and oxygen atoms in total. The van der Waals surface area contributed by atoms with Crippen LogP contribution in [0, 0.1) is 23.2 Å². The van der Waals surface area contributed by atoms with Crippen LogP contribution in [0.25, 0.3) is 0 Å². The van der Waals surface area contributed by atoms with Gasteiger partial charge in [0, 0.05) is 6.54 Å². The first-order valence-corrected chi connectivity index (χ1v) is 10.8. The molecule has 4 fully saturated rings. The van der Waals surface area contributed by atoms with Crippen LogP contribution in [-0.4, -0.2) is 44.6 Å². The predicted molar refractivity (Wildman–Crippen MR) is 110 cm³/mol. The minimum atomic E-state index is -0.650. The summed E-state index contributed by atoms with van der Waals surface area (Å²) in [6.07, 6.45) is 7.75. The number of nitrogens with one attached hydrogen (secondary N) is 2. The van der Waals surface area contributed by atoms with Gasteiger partial charge in [-0.25, -0.2) is 0 Å². The lowest BCUT2D eigenvalue weighted by Crippen LogP contribution is -2.51. The molecule has 162 valence electrons. The van der Waals surface area contributed by atoms with Crippen LogP contribution < -0.4 is 15.4 Å². The number of methoxy groups -OCH3 is 1. The molecule has 0 radical (unpaired) electrons. The second kappa shape index (κ2) is 8.66. The standard InChI is InChI=1S/C23H30N2O5/c1-29-19-5-3-2-4-18(19)22(28)24-12-21(27)30-13-20(26)25-14-23-9-15-6-16(10-23)8-17(7-15)11-23/h2-5,15-17H,6-14H2,1H3,(H,24,28)(H,25,26). The zero-order valence-electron chi connectivity index (χ0n) is 17.4. The van der Waals surface area contributed by atoms with Crippen molar-refractivity contribution in [1.82, 2.24) is 10.6 Å². The molecule has 4 saturated carbocycles. The monoisotopic (exact) mass is 414 g/mol. The van der Waals surface area contributed by atoms with Gasteiger partial charge in [0.05, 0.1) is 12.7 Å². The molecule has 2 N–H and O–H groups in total. The third-order valence-corrected chi connectivity index (χ3v) is 6.93. The molecule has 7 heteroatoms. The van der Waals surface area contributed by atoms with Crippen LogP contribution in [0.2, 0.25) is 0 Å². The molecule has 4 bridgehead atoms. The number of carbonyl (C=O) groups is 3. The zero-order chi connectivity index (χ0) is 21.1. The van der Waals surface area contributed by atoms with E-state index in [9.17, 15) is 14.4 Å². The fraction of sp³-hybridized carbons (Fsp3) is 0.609. The van der Waals surface area contributed by atoms with Gasteiger partial charge in [-0.1, -0.05) is 12.1 Å². The molecule has 0 heterocycles. The first-order valence-electron chi connectivity index (χ1n) is 10.8. The third-order valence-electron chi connectivity index (χ3n) is 6.93. The highest BCUT2D eigenvalue weighted by molar-refractivity contribution is 5.98. The Balaban J connectivity index is 1.17. The van der Waals surface area contributed by atoms with Crippen molar-refractivity contribution in [2.24, 2.45) is 23.2 Å². The molecular formula is C23H30N2O5. The van der Waals surface area contributed by atoms with Gasteiger partial charge in [-0.05, 0) is 73.8 Å². The van der Waals surface area contributed by atoms with E-state index in [2.05, 4.69) is 10.6 Å². The van der Waals surface area contributed by atoms with Gasteiger partial charge in [0.2, 0.25) is 0 Å². The number of rotatable bonds is 8. The summed E-state index contributed by atoms with van der Waals surface area (Å²) in [5.74, 6) is 1.55. The maximum absolute atomic E-state index is 12.2. The van der Waals surface area contributed by atoms with Crippen LogP contribution in [0.5, 0.6) is 5.75 Å². The molecule has 2 amide bonds. The number of hydrogen-bond donors (Lipinski definition) is 2. The molecule has 4 aliphatic carbocycles. The SMILES string of the molecule is COc1ccccc1C(=O)NCC(=O)OCC(=O)NCC12CC3CC(CC(C3)C1)C2. The van der Waals surface area contributed by atoms with E-state index in [1.807, 2.05) is 0 Å². The van der Waals surface area contributed by atoms with Gasteiger partial charge in [-0.15, -0.1) is 0 Å². The molecule has 5 rings (SSSR count). The van der Waals surface area contributed by atoms with Gasteiger partial charge in [-0.3, -0.25) is 14.4 Å². The molecule has 0 atom stereocenters. The molecule has 30 heavy (non-hydrogen) atoms. The minimum absolute atomic E-state index is 0.247. The summed E-state index contributed by atoms with van der Waals surface area (Å²) in [5.41, 5.74) is 0.582. The molecule has 0 aliphatic heterocycles. The Kier molecular flexibility index (Phi) is 5.97. The molecule has 1 aromatic rings. The van der Waals surface area contributed by atoms with Crippen LogP contribution in [0.4, 0.5) is 0 Å². The van der Waals surface area contributed by atoms with E-state index in [4.69, 9.17) is 9.47 Å². The van der Waals surface area contributed by atoms with Gasteiger partial charge in [0.15, 0.2) is 6.61 Å². The average molecular weight is 415 g/mol. The lowest BCUT2D eigenvalue weighted by Gasteiger charge is -2.56. The molecule has 0 unspecified atom stereocenters. The van der Waals surface area contributed by atoms with Crippen molar-refractivity contribution in [2.75, 3.05) is 26.8 Å². The van der Waals surface area contributed by atoms with Crippen LogP contribution in [0.15, 0.2) is 24.3 Å². The number of esters is 1. The largest absolute Gasteiger partial charge is 0.496 e. The average Bonchev–Trinajstić information content (AvgIpc) is 2.73. The van der Waals surface area contributed by atoms with Crippen molar-refractivity contribution in [1.29, 1.82) is 0 Å². The topological polar surface area (TPSA) is 93.7 Å². The fourth-order valence-corrected chi connectivity index (χ4v) is 6.12. The van der Waals surface area contributed by atoms with E-state index in [0.717, 1.165) is 17.8 Å². The summed E-state index contributed by atoms with van der Waals surface area (Å²) in [4.78, 5) is 36.3. The van der Waals surface area contributed by atoms with Gasteiger partial charge < -0.3 is 20.1 Å². The van der Waals surface area contributed by atoms with E-state index in [1.54, 1.807) is 24.3 Å². The quantitative estimate of drug-likeness (QED) is 0.637. The second-order valence-corrected chi connectivity index (χ2v) is 9.24. The first-order chi connectivity index (χ1) is 14.5. The molecule has 4 aliphatic rings. The maximum Gasteiger partial charge on any atom is 0.325 e. The number of amides is 2. The van der Waals surface area contributed by atoms with Crippen molar-refractivity contribution in [3.05, 3.63) is 29.8 Å². The molecule has 1 aromatic carbocycles. The molecule has 0 saturated heterocycles. The highest BCUT2D eigenvalue weighted by Crippen LogP contribution is 2.59. The zero-order valence-corrected chi connectivity index (χ0v) is 17.4. The van der Waals surface area contributed by atoms with Crippen LogP contribution >= 0.6 is 0 Å². The summed E-state index contributed by atoms with van der Waals surface area (Å²) in [7, 11) is 1.47. The minimum Gasteiger partial charge on any atom is -0.496 e. The second-order valence-electron chi connectivity index (χ2n) is 9.24. The van der Waals surface area contributed by atoms with Gasteiger partial charge in [0.25, 0.3) is 11.8 Å². The molecule has 0 aromatic heterocycles. The third kappa shape index (κ3) is 4.60. The van der Waals surface area contributed by atoms with Crippen molar-refractivity contribution in [3.63, 3.8) is 0 Å². The van der Waals surface area contributed by atoms with E-state index in [1.165, 1.54) is 45.6 Å². The van der Waals surface area contributed by atoms with Crippen LogP contribution in [-0.2, 0) is 14.3 Å². The Bertz CT molecular complexity index is 786. The van der Waals surface area contributed by atoms with Crippen LogP contribution in [0.3, 0.4) is 0 Å². The molecular weight excluding hydrogens is 384 g/mol. The number of para-hydroxylation sites is 1. The Labute approximate surface area is 176 Å². The summed E-state index contributed by atoms with van der Waals surface area (Å²) in [6.45, 7) is 0.0479. The Morgan fingerprint density at radius 2 is 1.63 bits per heavy atom. The number of ether oxygens (including phenoxy) is 2. The highest BCUT2D eigenvalue weighted by Gasteiger charge is 2.50. The number of benzene rings is 1. The summed E-state index contributed by atoms with van der Waals surface area (Å²) in [5, 5.41) is 5.47. The van der Waals surface area contributed by atoms with Gasteiger partial charge in [0.1, 0.15) is 12.3 Å². The van der Waals surface area contributed by atoms with Crippen molar-refractivity contribution in [2.45, 2.75) is 38.5 Å². The van der Waals surface area contributed by atoms with E-state index in [0.29, 0.717) is 17.9 Å². The van der Waals surface area contributed by atoms with Crippen LogP contribution in [0.1, 0.15) is 48.9 Å². The van der Waals surface area contributed by atoms with Crippen molar-refractivity contribution in [3.8, 4) is 5.75 Å². The summed E-state index contributed by atoms with van der Waals surface area (Å²) >= 11 is 0. The van der Waals surface area contributed by atoms with E-state index >= 15 is 0 Å². The maximum atomic E-state index is 12.2. The summed E-state index contributed by atoms with van der Waals surface area (Å²) < 4.78 is 10.2. The van der Waals surface area contributed by atoms with E-state index in [-0.39, 0.29) is 24.5 Å².